The first-order chi connectivity index (χ1) is 9.56. The Morgan fingerprint density at radius 2 is 1.75 bits per heavy atom. The normalized spacial score (nSPS) is 9.90. The minimum atomic E-state index is -0.583. The van der Waals surface area contributed by atoms with Gasteiger partial charge in [0.1, 0.15) is 17.1 Å². The van der Waals surface area contributed by atoms with Crippen molar-refractivity contribution in [1.82, 2.24) is 0 Å². The predicted octanol–water partition coefficient (Wildman–Crippen LogP) is 3.59. The molecule has 0 saturated heterocycles. The highest BCUT2D eigenvalue weighted by Gasteiger charge is 2.15. The first-order valence-corrected chi connectivity index (χ1v) is 6.61. The zero-order valence-electron chi connectivity index (χ0n) is 10.6. The highest BCUT2D eigenvalue weighted by molar-refractivity contribution is 9.10. The minimum absolute atomic E-state index is 0.181. The fourth-order valence-electron chi connectivity index (χ4n) is 1.57. The fraction of sp³-hybridized carbons (Fsp3) is 0.0667. The van der Waals surface area contributed by atoms with E-state index in [1.54, 1.807) is 42.5 Å². The van der Waals surface area contributed by atoms with Gasteiger partial charge in [0.2, 0.25) is 0 Å². The van der Waals surface area contributed by atoms with Crippen LogP contribution in [-0.2, 0) is 4.79 Å². The van der Waals surface area contributed by atoms with Gasteiger partial charge in [0.05, 0.1) is 0 Å². The number of hydrogen-bond acceptors (Lipinski definition) is 4. The van der Waals surface area contributed by atoms with E-state index in [1.807, 2.05) is 6.07 Å². The molecule has 0 spiro atoms. The van der Waals surface area contributed by atoms with Crippen LogP contribution >= 0.6 is 15.9 Å². The summed E-state index contributed by atoms with van der Waals surface area (Å²) in [7, 11) is 0. The molecule has 0 bridgehead atoms. The molecule has 4 nitrogen and oxygen atoms in total. The second-order valence-electron chi connectivity index (χ2n) is 3.94. The second kappa shape index (κ2) is 6.34. The first-order valence-electron chi connectivity index (χ1n) is 5.81. The molecule has 2 rings (SSSR count). The highest BCUT2D eigenvalue weighted by atomic mass is 79.9. The van der Waals surface area contributed by atoms with Crippen molar-refractivity contribution in [2.24, 2.45) is 0 Å². The number of para-hydroxylation sites is 1. The second-order valence-corrected chi connectivity index (χ2v) is 4.85. The van der Waals surface area contributed by atoms with Crippen molar-refractivity contribution >= 4 is 27.9 Å². The van der Waals surface area contributed by atoms with Crippen molar-refractivity contribution in [3.05, 3.63) is 58.6 Å². The third-order valence-corrected chi connectivity index (χ3v) is 2.86. The van der Waals surface area contributed by atoms with Gasteiger partial charge >= 0.3 is 11.9 Å². The summed E-state index contributed by atoms with van der Waals surface area (Å²) in [5, 5.41) is 0. The van der Waals surface area contributed by atoms with Gasteiger partial charge in [-0.2, -0.15) is 0 Å². The van der Waals surface area contributed by atoms with E-state index in [2.05, 4.69) is 15.9 Å². The molecule has 0 heterocycles. The van der Waals surface area contributed by atoms with E-state index in [0.717, 1.165) is 4.47 Å². The molecule has 20 heavy (non-hydrogen) atoms. The average molecular weight is 335 g/mol. The molecule has 2 aromatic rings. The van der Waals surface area contributed by atoms with Crippen molar-refractivity contribution in [2.75, 3.05) is 0 Å². The summed E-state index contributed by atoms with van der Waals surface area (Å²) in [6.45, 7) is 1.27. The van der Waals surface area contributed by atoms with Gasteiger partial charge in [-0.15, -0.1) is 0 Å². The zero-order valence-corrected chi connectivity index (χ0v) is 12.2. The SMILES string of the molecule is CC(=O)Oc1ccccc1C(=O)Oc1cccc(Br)c1. The molecule has 0 amide bonds. The van der Waals surface area contributed by atoms with Gasteiger partial charge in [-0.1, -0.05) is 34.1 Å². The van der Waals surface area contributed by atoms with Gasteiger partial charge in [-0.05, 0) is 30.3 Å². The number of benzene rings is 2. The third kappa shape index (κ3) is 3.68. The number of carbonyl (C=O) groups is 2. The maximum absolute atomic E-state index is 12.1. The Kier molecular flexibility index (Phi) is 4.53. The van der Waals surface area contributed by atoms with Crippen LogP contribution in [0.15, 0.2) is 53.0 Å². The van der Waals surface area contributed by atoms with Crippen LogP contribution in [0.1, 0.15) is 17.3 Å². The Labute approximate surface area is 124 Å². The summed E-state index contributed by atoms with van der Waals surface area (Å²) in [5.41, 5.74) is 0.197. The van der Waals surface area contributed by atoms with Crippen LogP contribution < -0.4 is 9.47 Å². The number of carbonyl (C=O) groups excluding carboxylic acids is 2. The van der Waals surface area contributed by atoms with Crippen molar-refractivity contribution in [3.63, 3.8) is 0 Å². The van der Waals surface area contributed by atoms with Crippen LogP contribution in [0.5, 0.6) is 11.5 Å². The summed E-state index contributed by atoms with van der Waals surface area (Å²) in [6, 6.07) is 13.3. The highest BCUT2D eigenvalue weighted by Crippen LogP contribution is 2.22. The minimum Gasteiger partial charge on any atom is -0.426 e. The van der Waals surface area contributed by atoms with Gasteiger partial charge < -0.3 is 9.47 Å². The molecule has 5 heteroatoms. The molecule has 0 unspecified atom stereocenters. The molecule has 102 valence electrons. The molecule has 2 aromatic carbocycles. The van der Waals surface area contributed by atoms with Gasteiger partial charge in [-0.3, -0.25) is 4.79 Å². The first kappa shape index (κ1) is 14.3. The molecular weight excluding hydrogens is 324 g/mol. The topological polar surface area (TPSA) is 52.6 Å². The molecule has 0 aliphatic heterocycles. The van der Waals surface area contributed by atoms with Gasteiger partial charge in [0.25, 0.3) is 0 Å². The lowest BCUT2D eigenvalue weighted by Gasteiger charge is -2.08. The average Bonchev–Trinajstić information content (AvgIpc) is 2.38. The van der Waals surface area contributed by atoms with Crippen molar-refractivity contribution in [3.8, 4) is 11.5 Å². The molecule has 0 atom stereocenters. The number of ether oxygens (including phenoxy) is 2. The molecular formula is C15H11BrO4. The van der Waals surface area contributed by atoms with E-state index in [-0.39, 0.29) is 11.3 Å². The monoisotopic (exact) mass is 334 g/mol. The molecule has 0 aromatic heterocycles. The van der Waals surface area contributed by atoms with Crippen LogP contribution in [0, 0.1) is 0 Å². The maximum atomic E-state index is 12.1. The Hall–Kier alpha value is -2.14. The molecule has 0 N–H and O–H groups in total. The van der Waals surface area contributed by atoms with Crippen LogP contribution in [0.25, 0.3) is 0 Å². The van der Waals surface area contributed by atoms with Crippen molar-refractivity contribution < 1.29 is 19.1 Å². The Balaban J connectivity index is 2.23. The van der Waals surface area contributed by atoms with Gasteiger partial charge in [-0.25, -0.2) is 4.79 Å². The lowest BCUT2D eigenvalue weighted by Crippen LogP contribution is -2.12. The number of hydrogen-bond donors (Lipinski definition) is 0. The largest absolute Gasteiger partial charge is 0.426 e. The summed E-state index contributed by atoms with van der Waals surface area (Å²) >= 11 is 3.29. The van der Waals surface area contributed by atoms with Crippen LogP contribution in [-0.4, -0.2) is 11.9 Å². The van der Waals surface area contributed by atoms with Gasteiger partial charge in [0, 0.05) is 11.4 Å². The van der Waals surface area contributed by atoms with Crippen LogP contribution in [0.3, 0.4) is 0 Å². The summed E-state index contributed by atoms with van der Waals surface area (Å²) in [4.78, 5) is 23.1. The zero-order chi connectivity index (χ0) is 14.5. The quantitative estimate of drug-likeness (QED) is 0.635. The molecule has 0 radical (unpaired) electrons. The van der Waals surface area contributed by atoms with Crippen molar-refractivity contribution in [1.29, 1.82) is 0 Å². The van der Waals surface area contributed by atoms with Crippen molar-refractivity contribution in [2.45, 2.75) is 6.92 Å². The smallest absolute Gasteiger partial charge is 0.347 e. The van der Waals surface area contributed by atoms with E-state index >= 15 is 0 Å². The summed E-state index contributed by atoms with van der Waals surface area (Å²) < 4.78 is 11.0. The Bertz CT molecular complexity index is 652. The maximum Gasteiger partial charge on any atom is 0.347 e. The molecule has 0 aliphatic rings. The lowest BCUT2D eigenvalue weighted by atomic mass is 10.2. The summed E-state index contributed by atoms with van der Waals surface area (Å²) in [6.07, 6.45) is 0. The summed E-state index contributed by atoms with van der Waals surface area (Å²) in [5.74, 6) is -0.491. The van der Waals surface area contributed by atoms with E-state index in [9.17, 15) is 9.59 Å². The van der Waals surface area contributed by atoms with E-state index in [1.165, 1.54) is 6.92 Å². The molecule has 0 fully saturated rings. The van der Waals surface area contributed by atoms with Crippen LogP contribution in [0.2, 0.25) is 0 Å². The van der Waals surface area contributed by atoms with E-state index in [0.29, 0.717) is 5.75 Å². The number of rotatable bonds is 3. The number of esters is 2. The Morgan fingerprint density at radius 1 is 1.00 bits per heavy atom. The Morgan fingerprint density at radius 3 is 2.45 bits per heavy atom. The predicted molar refractivity (Wildman–Crippen MR) is 76.9 cm³/mol. The molecule has 0 saturated carbocycles. The standard InChI is InChI=1S/C15H11BrO4/c1-10(17)19-14-8-3-2-7-13(14)15(18)20-12-6-4-5-11(16)9-12/h2-9H,1H3. The van der Waals surface area contributed by atoms with E-state index < -0.39 is 11.9 Å². The van der Waals surface area contributed by atoms with Gasteiger partial charge in [0.15, 0.2) is 0 Å². The lowest BCUT2D eigenvalue weighted by molar-refractivity contribution is -0.131. The molecule has 0 aliphatic carbocycles. The van der Waals surface area contributed by atoms with E-state index in [4.69, 9.17) is 9.47 Å². The fourth-order valence-corrected chi connectivity index (χ4v) is 1.95. The van der Waals surface area contributed by atoms with Crippen LogP contribution in [0.4, 0.5) is 0 Å². The third-order valence-electron chi connectivity index (χ3n) is 2.37. The number of halogens is 1.